The average Bonchev–Trinajstić information content (AvgIpc) is 3.07. The van der Waals surface area contributed by atoms with E-state index in [2.05, 4.69) is 25.6 Å². The van der Waals surface area contributed by atoms with Crippen molar-refractivity contribution < 1.29 is 23.0 Å². The predicted molar refractivity (Wildman–Crippen MR) is 95.0 cm³/mol. The minimum Gasteiger partial charge on any atom is -0.435 e. The highest BCUT2D eigenvalue weighted by Gasteiger charge is 2.16. The van der Waals surface area contributed by atoms with Crippen molar-refractivity contribution in [1.82, 2.24) is 20.8 Å². The minimum absolute atomic E-state index is 0. The zero-order valence-electron chi connectivity index (χ0n) is 14.1. The summed E-state index contributed by atoms with van der Waals surface area (Å²) in [4.78, 5) is 12.3. The molecule has 0 aliphatic carbocycles. The molecule has 0 aliphatic rings. The van der Waals surface area contributed by atoms with E-state index in [1.165, 1.54) is 18.3 Å². The fourth-order valence-electron chi connectivity index (χ4n) is 2.17. The fraction of sp³-hybridized carbons (Fsp3) is 0.375. The van der Waals surface area contributed by atoms with Crippen molar-refractivity contribution in [1.29, 1.82) is 0 Å². The van der Waals surface area contributed by atoms with Crippen LogP contribution in [0.4, 0.5) is 8.78 Å². The molecular formula is C16H21ClF2N4O3. The zero-order chi connectivity index (χ0) is 18.1. The lowest BCUT2D eigenvalue weighted by Gasteiger charge is -2.08. The number of methoxy groups -OCH3 is 1. The normalized spacial score (nSPS) is 10.5. The van der Waals surface area contributed by atoms with Crippen molar-refractivity contribution in [3.05, 3.63) is 36.0 Å². The van der Waals surface area contributed by atoms with E-state index < -0.39 is 6.61 Å². The first-order chi connectivity index (χ1) is 12.1. The molecule has 0 saturated carbocycles. The largest absolute Gasteiger partial charge is 0.435 e. The van der Waals surface area contributed by atoms with Gasteiger partial charge in [0.15, 0.2) is 0 Å². The third kappa shape index (κ3) is 6.58. The molecule has 1 aromatic heterocycles. The molecule has 0 atom stereocenters. The highest BCUT2D eigenvalue weighted by molar-refractivity contribution is 5.99. The minimum atomic E-state index is -2.91. The van der Waals surface area contributed by atoms with Crippen molar-refractivity contribution in [3.8, 4) is 17.0 Å². The maximum absolute atomic E-state index is 12.3. The monoisotopic (exact) mass is 390 g/mol. The molecule has 0 unspecified atom stereocenters. The summed E-state index contributed by atoms with van der Waals surface area (Å²) in [5, 5.41) is 12.5. The first-order valence-corrected chi connectivity index (χ1v) is 7.68. The summed E-state index contributed by atoms with van der Waals surface area (Å²) in [7, 11) is 1.62. The number of alkyl halides is 2. The Kier molecular flexibility index (Phi) is 9.56. The number of hydrogen-bond donors (Lipinski definition) is 3. The molecule has 1 heterocycles. The highest BCUT2D eigenvalue weighted by atomic mass is 35.5. The van der Waals surface area contributed by atoms with E-state index in [9.17, 15) is 13.6 Å². The molecule has 1 amide bonds. The van der Waals surface area contributed by atoms with Gasteiger partial charge in [-0.25, -0.2) is 0 Å². The highest BCUT2D eigenvalue weighted by Crippen LogP contribution is 2.25. The lowest BCUT2D eigenvalue weighted by molar-refractivity contribution is -0.0498. The molecule has 10 heteroatoms. The smallest absolute Gasteiger partial charge is 0.387 e. The molecule has 7 nitrogen and oxygen atoms in total. The van der Waals surface area contributed by atoms with Crippen molar-refractivity contribution in [2.45, 2.75) is 6.61 Å². The Balaban J connectivity index is 0.00000338. The molecule has 3 N–H and O–H groups in total. The van der Waals surface area contributed by atoms with Gasteiger partial charge in [-0.15, -0.1) is 12.4 Å². The number of aromatic nitrogens is 2. The van der Waals surface area contributed by atoms with Crippen LogP contribution in [-0.4, -0.2) is 56.1 Å². The zero-order valence-corrected chi connectivity index (χ0v) is 14.9. The van der Waals surface area contributed by atoms with E-state index in [1.54, 1.807) is 19.2 Å². The molecule has 2 aromatic rings. The number of amides is 1. The van der Waals surface area contributed by atoms with Gasteiger partial charge in [-0.3, -0.25) is 9.89 Å². The van der Waals surface area contributed by atoms with E-state index >= 15 is 0 Å². The van der Waals surface area contributed by atoms with Crippen LogP contribution in [0.2, 0.25) is 0 Å². The number of ether oxygens (including phenoxy) is 2. The van der Waals surface area contributed by atoms with E-state index in [0.29, 0.717) is 43.1 Å². The molecule has 0 bridgehead atoms. The Morgan fingerprint density at radius 3 is 2.85 bits per heavy atom. The van der Waals surface area contributed by atoms with Gasteiger partial charge in [0.2, 0.25) is 0 Å². The van der Waals surface area contributed by atoms with Gasteiger partial charge in [-0.2, -0.15) is 13.9 Å². The molecule has 0 spiro atoms. The van der Waals surface area contributed by atoms with Crippen LogP contribution in [0, 0.1) is 0 Å². The van der Waals surface area contributed by atoms with Gasteiger partial charge in [0.1, 0.15) is 5.75 Å². The predicted octanol–water partition coefficient (Wildman–Crippen LogP) is 2.07. The second kappa shape index (κ2) is 11.4. The van der Waals surface area contributed by atoms with Crippen molar-refractivity contribution in [2.75, 3.05) is 33.4 Å². The Bertz CT molecular complexity index is 685. The number of hydrogen-bond acceptors (Lipinski definition) is 5. The van der Waals surface area contributed by atoms with Gasteiger partial charge >= 0.3 is 6.61 Å². The number of carbonyl (C=O) groups excluding carboxylic acids is 1. The topological polar surface area (TPSA) is 88.3 Å². The van der Waals surface area contributed by atoms with Crippen LogP contribution in [0.15, 0.2) is 30.5 Å². The summed E-state index contributed by atoms with van der Waals surface area (Å²) in [5.74, 6) is -0.298. The molecule has 26 heavy (non-hydrogen) atoms. The van der Waals surface area contributed by atoms with Crippen molar-refractivity contribution in [3.63, 3.8) is 0 Å². The molecule has 1 aromatic carbocycles. The van der Waals surface area contributed by atoms with Gasteiger partial charge in [-0.05, 0) is 12.1 Å². The van der Waals surface area contributed by atoms with E-state index in [0.717, 1.165) is 0 Å². The van der Waals surface area contributed by atoms with E-state index in [1.807, 2.05) is 0 Å². The van der Waals surface area contributed by atoms with Gasteiger partial charge in [0.25, 0.3) is 5.91 Å². The average molecular weight is 391 g/mol. The van der Waals surface area contributed by atoms with Crippen LogP contribution in [0.5, 0.6) is 5.75 Å². The van der Waals surface area contributed by atoms with E-state index in [-0.39, 0.29) is 24.1 Å². The van der Waals surface area contributed by atoms with Gasteiger partial charge in [0, 0.05) is 32.3 Å². The maximum atomic E-state index is 12.3. The summed E-state index contributed by atoms with van der Waals surface area (Å²) in [6.45, 7) is -0.593. The van der Waals surface area contributed by atoms with Crippen LogP contribution in [0.1, 0.15) is 10.4 Å². The Hall–Kier alpha value is -2.23. The lowest BCUT2D eigenvalue weighted by atomic mass is 10.1. The summed E-state index contributed by atoms with van der Waals surface area (Å²) >= 11 is 0. The number of benzene rings is 1. The number of nitrogens with zero attached hydrogens (tertiary/aromatic N) is 1. The quantitative estimate of drug-likeness (QED) is 0.540. The standard InChI is InChI=1S/C16H20F2N4O3.ClH/c1-24-8-7-19-5-6-20-15(23)13-10-21-22-14(13)11-3-2-4-12(9-11)25-16(17)18;/h2-4,9-10,16,19H,5-8H2,1H3,(H,20,23)(H,21,22);1H. The number of nitrogens with one attached hydrogen (secondary N) is 3. The molecule has 144 valence electrons. The molecule has 0 radical (unpaired) electrons. The van der Waals surface area contributed by atoms with Gasteiger partial charge in [0.05, 0.1) is 24.1 Å². The number of halogens is 3. The molecular weight excluding hydrogens is 370 g/mol. The second-order valence-electron chi connectivity index (χ2n) is 5.06. The first kappa shape index (κ1) is 21.8. The van der Waals surface area contributed by atoms with Crippen LogP contribution >= 0.6 is 12.4 Å². The molecule has 0 fully saturated rings. The lowest BCUT2D eigenvalue weighted by Crippen LogP contribution is -2.33. The summed E-state index contributed by atoms with van der Waals surface area (Å²) in [6.07, 6.45) is 1.39. The fourth-order valence-corrected chi connectivity index (χ4v) is 2.17. The third-order valence-electron chi connectivity index (χ3n) is 3.30. The molecule has 0 aliphatic heterocycles. The molecule has 0 saturated heterocycles. The first-order valence-electron chi connectivity index (χ1n) is 7.68. The Morgan fingerprint density at radius 1 is 1.31 bits per heavy atom. The number of carbonyl (C=O) groups is 1. The van der Waals surface area contributed by atoms with Crippen LogP contribution in [-0.2, 0) is 4.74 Å². The van der Waals surface area contributed by atoms with Gasteiger partial charge in [-0.1, -0.05) is 12.1 Å². The number of aromatic amines is 1. The third-order valence-corrected chi connectivity index (χ3v) is 3.30. The SMILES string of the molecule is COCCNCCNC(=O)c1cn[nH]c1-c1cccc(OC(F)F)c1.Cl. The second-order valence-corrected chi connectivity index (χ2v) is 5.06. The van der Waals surface area contributed by atoms with Crippen molar-refractivity contribution in [2.24, 2.45) is 0 Å². The summed E-state index contributed by atoms with van der Waals surface area (Å²) < 4.78 is 34.0. The Labute approximate surface area is 155 Å². The van der Waals surface area contributed by atoms with Crippen LogP contribution in [0.25, 0.3) is 11.3 Å². The van der Waals surface area contributed by atoms with Crippen LogP contribution < -0.4 is 15.4 Å². The van der Waals surface area contributed by atoms with Gasteiger partial charge < -0.3 is 20.1 Å². The summed E-state index contributed by atoms with van der Waals surface area (Å²) in [6, 6.07) is 6.07. The molecule has 2 rings (SSSR count). The Morgan fingerprint density at radius 2 is 2.12 bits per heavy atom. The maximum Gasteiger partial charge on any atom is 0.387 e. The number of H-pyrrole nitrogens is 1. The van der Waals surface area contributed by atoms with Crippen molar-refractivity contribution >= 4 is 18.3 Å². The van der Waals surface area contributed by atoms with Crippen LogP contribution in [0.3, 0.4) is 0 Å². The summed E-state index contributed by atoms with van der Waals surface area (Å²) in [5.41, 5.74) is 1.29. The number of rotatable bonds is 10. The van der Waals surface area contributed by atoms with E-state index in [4.69, 9.17) is 4.74 Å².